The number of nitrogens with zero attached hydrogens (tertiary/aromatic N) is 3. The monoisotopic (exact) mass is 355 g/mol. The second kappa shape index (κ2) is 7.09. The fourth-order valence-corrected chi connectivity index (χ4v) is 2.42. The first-order valence-electron chi connectivity index (χ1n) is 7.67. The van der Waals surface area contributed by atoms with Crippen LogP contribution in [0.2, 0.25) is 0 Å². The molecule has 0 saturated heterocycles. The van der Waals surface area contributed by atoms with Gasteiger partial charge in [-0.3, -0.25) is 9.59 Å². The van der Waals surface area contributed by atoms with Gasteiger partial charge in [0.15, 0.2) is 5.82 Å². The van der Waals surface area contributed by atoms with Gasteiger partial charge in [-0.15, -0.1) is 0 Å². The summed E-state index contributed by atoms with van der Waals surface area (Å²) < 4.78 is 11.9. The lowest BCUT2D eigenvalue weighted by atomic mass is 10.2. The summed E-state index contributed by atoms with van der Waals surface area (Å²) in [6, 6.07) is 7.96. The van der Waals surface area contributed by atoms with Crippen molar-refractivity contribution in [3.8, 4) is 17.3 Å². The zero-order chi connectivity index (χ0) is 18.7. The SMILES string of the molecule is COc1ccc(OC)c(NC(=O)c2cnn(-c3ccc(=O)[nH]n3)c2C)c1. The van der Waals surface area contributed by atoms with Gasteiger partial charge in [0, 0.05) is 12.1 Å². The van der Waals surface area contributed by atoms with Crippen LogP contribution in [0.5, 0.6) is 11.5 Å². The molecule has 2 N–H and O–H groups in total. The molecular weight excluding hydrogens is 338 g/mol. The Morgan fingerprint density at radius 2 is 2.00 bits per heavy atom. The molecule has 0 aliphatic heterocycles. The van der Waals surface area contributed by atoms with Crippen LogP contribution < -0.4 is 20.3 Å². The Balaban J connectivity index is 1.90. The van der Waals surface area contributed by atoms with Crippen LogP contribution in [-0.2, 0) is 0 Å². The highest BCUT2D eigenvalue weighted by molar-refractivity contribution is 6.05. The molecule has 0 fully saturated rings. The van der Waals surface area contributed by atoms with E-state index < -0.39 is 0 Å². The number of benzene rings is 1. The molecule has 0 unspecified atom stereocenters. The highest BCUT2D eigenvalue weighted by Gasteiger charge is 2.17. The second-order valence-corrected chi connectivity index (χ2v) is 5.36. The highest BCUT2D eigenvalue weighted by atomic mass is 16.5. The first-order valence-corrected chi connectivity index (χ1v) is 7.67. The fourth-order valence-electron chi connectivity index (χ4n) is 2.42. The molecule has 9 heteroatoms. The maximum atomic E-state index is 12.7. The quantitative estimate of drug-likeness (QED) is 0.718. The van der Waals surface area contributed by atoms with Gasteiger partial charge in [0.1, 0.15) is 11.5 Å². The van der Waals surface area contributed by atoms with Crippen LogP contribution in [-0.4, -0.2) is 40.1 Å². The molecule has 3 aromatic rings. The van der Waals surface area contributed by atoms with Crippen molar-refractivity contribution in [1.29, 1.82) is 0 Å². The molecule has 0 radical (unpaired) electrons. The van der Waals surface area contributed by atoms with Gasteiger partial charge in [0.25, 0.3) is 11.5 Å². The van der Waals surface area contributed by atoms with Gasteiger partial charge in [0.2, 0.25) is 0 Å². The Morgan fingerprint density at radius 1 is 1.19 bits per heavy atom. The van der Waals surface area contributed by atoms with E-state index in [0.29, 0.717) is 34.3 Å². The molecule has 134 valence electrons. The zero-order valence-electron chi connectivity index (χ0n) is 14.4. The molecule has 3 rings (SSSR count). The third-order valence-electron chi connectivity index (χ3n) is 3.79. The first-order chi connectivity index (χ1) is 12.5. The molecule has 1 aromatic carbocycles. The average Bonchev–Trinajstić information content (AvgIpc) is 3.04. The maximum Gasteiger partial charge on any atom is 0.264 e. The third-order valence-corrected chi connectivity index (χ3v) is 3.79. The molecule has 0 bridgehead atoms. The standard InChI is InChI=1S/C17H17N5O4/c1-10-12(9-18-22(10)15-6-7-16(23)21-20-15)17(24)19-13-8-11(25-2)4-5-14(13)26-3/h4-9H,1-3H3,(H,19,24)(H,21,23). The molecule has 0 aliphatic rings. The molecule has 2 aromatic heterocycles. The number of H-pyrrole nitrogens is 1. The molecule has 9 nitrogen and oxygen atoms in total. The predicted molar refractivity (Wildman–Crippen MR) is 94.2 cm³/mol. The number of aromatic amines is 1. The van der Waals surface area contributed by atoms with E-state index in [9.17, 15) is 9.59 Å². The van der Waals surface area contributed by atoms with Gasteiger partial charge in [-0.25, -0.2) is 9.78 Å². The topological polar surface area (TPSA) is 111 Å². The minimum atomic E-state index is -0.357. The van der Waals surface area contributed by atoms with Crippen LogP contribution in [0.3, 0.4) is 0 Å². The van der Waals surface area contributed by atoms with E-state index >= 15 is 0 Å². The molecule has 2 heterocycles. The van der Waals surface area contributed by atoms with E-state index in [1.165, 1.54) is 30.1 Å². The van der Waals surface area contributed by atoms with Crippen molar-refractivity contribution in [2.75, 3.05) is 19.5 Å². The summed E-state index contributed by atoms with van der Waals surface area (Å²) >= 11 is 0. The number of amides is 1. The van der Waals surface area contributed by atoms with E-state index in [2.05, 4.69) is 20.6 Å². The molecule has 0 saturated carbocycles. The minimum absolute atomic E-state index is 0.318. The number of methoxy groups -OCH3 is 2. The van der Waals surface area contributed by atoms with Gasteiger partial charge in [-0.2, -0.15) is 10.2 Å². The van der Waals surface area contributed by atoms with Crippen LogP contribution in [0.4, 0.5) is 5.69 Å². The van der Waals surface area contributed by atoms with Crippen molar-refractivity contribution in [2.45, 2.75) is 6.92 Å². The number of hydrogen-bond acceptors (Lipinski definition) is 6. The van der Waals surface area contributed by atoms with Crippen LogP contribution in [0, 0.1) is 6.92 Å². The summed E-state index contributed by atoms with van der Waals surface area (Å²) in [4.78, 5) is 23.8. The minimum Gasteiger partial charge on any atom is -0.497 e. The third kappa shape index (κ3) is 3.27. The Morgan fingerprint density at radius 3 is 2.65 bits per heavy atom. The molecular formula is C17H17N5O4. The Hall–Kier alpha value is -3.62. The molecule has 1 amide bonds. The largest absolute Gasteiger partial charge is 0.497 e. The summed E-state index contributed by atoms with van der Waals surface area (Å²) in [6.45, 7) is 1.73. The van der Waals surface area contributed by atoms with E-state index in [1.807, 2.05) is 0 Å². The first kappa shape index (κ1) is 17.2. The van der Waals surface area contributed by atoms with E-state index in [-0.39, 0.29) is 11.5 Å². The summed E-state index contributed by atoms with van der Waals surface area (Å²) in [5.41, 5.74) is 1.10. The van der Waals surface area contributed by atoms with Crippen LogP contribution in [0.1, 0.15) is 16.1 Å². The highest BCUT2D eigenvalue weighted by Crippen LogP contribution is 2.29. The Kier molecular flexibility index (Phi) is 4.70. The Bertz CT molecular complexity index is 988. The van der Waals surface area contributed by atoms with Gasteiger partial charge < -0.3 is 14.8 Å². The van der Waals surface area contributed by atoms with Crippen LogP contribution in [0.15, 0.2) is 41.3 Å². The van der Waals surface area contributed by atoms with E-state index in [4.69, 9.17) is 9.47 Å². The summed E-state index contributed by atoms with van der Waals surface area (Å²) in [5, 5.41) is 13.2. The molecule has 26 heavy (non-hydrogen) atoms. The van der Waals surface area contributed by atoms with E-state index in [1.54, 1.807) is 32.2 Å². The van der Waals surface area contributed by atoms with Gasteiger partial charge in [-0.05, 0) is 25.1 Å². The number of aromatic nitrogens is 4. The normalized spacial score (nSPS) is 10.4. The molecule has 0 atom stereocenters. The number of rotatable bonds is 5. The number of nitrogens with one attached hydrogen (secondary N) is 2. The summed E-state index contributed by atoms with van der Waals surface area (Å²) in [6.07, 6.45) is 1.43. The summed E-state index contributed by atoms with van der Waals surface area (Å²) in [7, 11) is 3.06. The van der Waals surface area contributed by atoms with Crippen molar-refractivity contribution in [3.05, 3.63) is 58.1 Å². The predicted octanol–water partition coefficient (Wildman–Crippen LogP) is 1.53. The average molecular weight is 355 g/mol. The number of carbonyl (C=O) groups is 1. The number of hydrogen-bond donors (Lipinski definition) is 2. The van der Waals surface area contributed by atoms with Gasteiger partial charge >= 0.3 is 0 Å². The van der Waals surface area contributed by atoms with Gasteiger partial charge in [-0.1, -0.05) is 0 Å². The van der Waals surface area contributed by atoms with Crippen LogP contribution >= 0.6 is 0 Å². The lowest BCUT2D eigenvalue weighted by molar-refractivity contribution is 0.102. The lowest BCUT2D eigenvalue weighted by Crippen LogP contribution is -2.15. The van der Waals surface area contributed by atoms with Crippen molar-refractivity contribution in [1.82, 2.24) is 20.0 Å². The second-order valence-electron chi connectivity index (χ2n) is 5.36. The summed E-state index contributed by atoms with van der Waals surface area (Å²) in [5.74, 6) is 1.14. The number of ether oxygens (including phenoxy) is 2. The molecule has 0 spiro atoms. The zero-order valence-corrected chi connectivity index (χ0v) is 14.4. The van der Waals surface area contributed by atoms with Crippen molar-refractivity contribution in [3.63, 3.8) is 0 Å². The van der Waals surface area contributed by atoms with Crippen molar-refractivity contribution >= 4 is 11.6 Å². The fraction of sp³-hybridized carbons (Fsp3) is 0.176. The van der Waals surface area contributed by atoms with Crippen molar-refractivity contribution < 1.29 is 14.3 Å². The smallest absolute Gasteiger partial charge is 0.264 e. The number of carbonyl (C=O) groups excluding carboxylic acids is 1. The lowest BCUT2D eigenvalue weighted by Gasteiger charge is -2.11. The number of anilines is 1. The Labute approximate surface area is 148 Å². The maximum absolute atomic E-state index is 12.7. The van der Waals surface area contributed by atoms with Gasteiger partial charge in [0.05, 0.1) is 37.4 Å². The van der Waals surface area contributed by atoms with Crippen molar-refractivity contribution in [2.24, 2.45) is 0 Å². The molecule has 0 aliphatic carbocycles. The van der Waals surface area contributed by atoms with Crippen LogP contribution in [0.25, 0.3) is 5.82 Å². The van der Waals surface area contributed by atoms with E-state index in [0.717, 1.165) is 0 Å².